The Hall–Kier alpha value is -2.37. The number of piperazine rings is 1. The van der Waals surface area contributed by atoms with Gasteiger partial charge in [0.15, 0.2) is 0 Å². The molecule has 1 unspecified atom stereocenters. The highest BCUT2D eigenvalue weighted by Crippen LogP contribution is 2.29. The number of nitrogens with zero attached hydrogens (tertiary/aromatic N) is 1. The van der Waals surface area contributed by atoms with E-state index in [2.05, 4.69) is 10.6 Å². The van der Waals surface area contributed by atoms with Crippen molar-refractivity contribution in [2.75, 3.05) is 26.2 Å². The third-order valence-corrected chi connectivity index (χ3v) is 5.02. The Morgan fingerprint density at radius 2 is 1.96 bits per heavy atom. The predicted octanol–water partition coefficient (Wildman–Crippen LogP) is 3.27. The van der Waals surface area contributed by atoms with Crippen molar-refractivity contribution in [3.8, 4) is 0 Å². The first kappa shape index (κ1) is 19.4. The number of hydrogen-bond donors (Lipinski definition) is 2. The third-order valence-electron chi connectivity index (χ3n) is 4.68. The number of hydrogen-bond acceptors (Lipinski definition) is 3. The van der Waals surface area contributed by atoms with Gasteiger partial charge in [-0.2, -0.15) is 0 Å². The van der Waals surface area contributed by atoms with E-state index < -0.39 is 0 Å². The first-order valence-electron chi connectivity index (χ1n) is 9.26. The Morgan fingerprint density at radius 3 is 2.74 bits per heavy atom. The summed E-state index contributed by atoms with van der Waals surface area (Å²) in [7, 11) is 0. The molecule has 0 aromatic heterocycles. The maximum Gasteiger partial charge on any atom is 0.254 e. The molecule has 1 atom stereocenters. The molecule has 27 heavy (non-hydrogen) atoms. The highest BCUT2D eigenvalue weighted by Gasteiger charge is 2.30. The standard InChI is InChI=1S/C21H24ClN3O2/c1-2-10-24-20(26)15-6-5-7-16(13-15)21(27)25-12-11-23-14-19(25)17-8-3-4-9-18(17)22/h3-9,13,19,23H,2,10-12,14H2,1H3,(H,24,26). The summed E-state index contributed by atoms with van der Waals surface area (Å²) in [5.41, 5.74) is 1.94. The van der Waals surface area contributed by atoms with Crippen LogP contribution >= 0.6 is 11.6 Å². The molecule has 1 heterocycles. The van der Waals surface area contributed by atoms with Crippen LogP contribution in [-0.2, 0) is 0 Å². The molecule has 2 aromatic carbocycles. The summed E-state index contributed by atoms with van der Waals surface area (Å²) >= 11 is 6.37. The summed E-state index contributed by atoms with van der Waals surface area (Å²) in [6.45, 7) is 4.57. The summed E-state index contributed by atoms with van der Waals surface area (Å²) in [6, 6.07) is 14.4. The van der Waals surface area contributed by atoms with Gasteiger partial charge in [0.25, 0.3) is 11.8 Å². The summed E-state index contributed by atoms with van der Waals surface area (Å²) in [6.07, 6.45) is 0.866. The van der Waals surface area contributed by atoms with Gasteiger partial charge in [0.05, 0.1) is 6.04 Å². The van der Waals surface area contributed by atoms with Gasteiger partial charge in [-0.25, -0.2) is 0 Å². The van der Waals surface area contributed by atoms with Crippen LogP contribution in [-0.4, -0.2) is 42.9 Å². The summed E-state index contributed by atoms with van der Waals surface area (Å²) in [5, 5.41) is 6.83. The van der Waals surface area contributed by atoms with E-state index >= 15 is 0 Å². The van der Waals surface area contributed by atoms with E-state index in [1.165, 1.54) is 0 Å². The number of benzene rings is 2. The van der Waals surface area contributed by atoms with Crippen LogP contribution in [0.4, 0.5) is 0 Å². The Bertz CT molecular complexity index is 825. The Morgan fingerprint density at radius 1 is 1.19 bits per heavy atom. The lowest BCUT2D eigenvalue weighted by Gasteiger charge is -2.37. The first-order valence-corrected chi connectivity index (χ1v) is 9.64. The Kier molecular flexibility index (Phi) is 6.48. The second kappa shape index (κ2) is 9.02. The van der Waals surface area contributed by atoms with Crippen molar-refractivity contribution in [1.29, 1.82) is 0 Å². The Balaban J connectivity index is 1.85. The second-order valence-corrected chi connectivity index (χ2v) is 6.98. The zero-order valence-corrected chi connectivity index (χ0v) is 16.1. The summed E-state index contributed by atoms with van der Waals surface area (Å²) < 4.78 is 0. The minimum absolute atomic E-state index is 0.0911. The highest BCUT2D eigenvalue weighted by atomic mass is 35.5. The van der Waals surface area contributed by atoms with Gasteiger partial charge < -0.3 is 15.5 Å². The quantitative estimate of drug-likeness (QED) is 0.830. The number of amides is 2. The fraction of sp³-hybridized carbons (Fsp3) is 0.333. The van der Waals surface area contributed by atoms with Gasteiger partial charge in [0, 0.05) is 42.3 Å². The lowest BCUT2D eigenvalue weighted by atomic mass is 10.0. The van der Waals surface area contributed by atoms with Gasteiger partial charge in [-0.3, -0.25) is 9.59 Å². The van der Waals surface area contributed by atoms with Gasteiger partial charge in [-0.05, 0) is 36.2 Å². The lowest BCUT2D eigenvalue weighted by molar-refractivity contribution is 0.0634. The van der Waals surface area contributed by atoms with E-state index in [9.17, 15) is 9.59 Å². The molecule has 0 spiro atoms. The van der Waals surface area contributed by atoms with Crippen LogP contribution in [0.1, 0.15) is 45.7 Å². The van der Waals surface area contributed by atoms with Crippen LogP contribution in [0.2, 0.25) is 5.02 Å². The number of rotatable bonds is 5. The van der Waals surface area contributed by atoms with Crippen LogP contribution < -0.4 is 10.6 Å². The molecule has 2 aromatic rings. The molecule has 2 amide bonds. The van der Waals surface area contributed by atoms with Gasteiger partial charge in [-0.15, -0.1) is 0 Å². The maximum atomic E-state index is 13.2. The van der Waals surface area contributed by atoms with E-state index in [-0.39, 0.29) is 17.9 Å². The lowest BCUT2D eigenvalue weighted by Crippen LogP contribution is -2.48. The van der Waals surface area contributed by atoms with E-state index in [0.29, 0.717) is 35.8 Å². The van der Waals surface area contributed by atoms with E-state index in [1.54, 1.807) is 24.3 Å². The largest absolute Gasteiger partial charge is 0.352 e. The maximum absolute atomic E-state index is 13.2. The van der Waals surface area contributed by atoms with Crippen LogP contribution in [0.5, 0.6) is 0 Å². The molecular formula is C21H24ClN3O2. The molecule has 0 saturated carbocycles. The molecule has 0 bridgehead atoms. The second-order valence-electron chi connectivity index (χ2n) is 6.58. The van der Waals surface area contributed by atoms with Gasteiger partial charge in [0.1, 0.15) is 0 Å². The van der Waals surface area contributed by atoms with Crippen molar-refractivity contribution >= 4 is 23.4 Å². The zero-order valence-electron chi connectivity index (χ0n) is 15.4. The van der Waals surface area contributed by atoms with Crippen LogP contribution in [0.25, 0.3) is 0 Å². The molecule has 2 N–H and O–H groups in total. The molecule has 0 aliphatic carbocycles. The smallest absolute Gasteiger partial charge is 0.254 e. The fourth-order valence-electron chi connectivity index (χ4n) is 3.27. The minimum Gasteiger partial charge on any atom is -0.352 e. The van der Waals surface area contributed by atoms with Crippen LogP contribution in [0, 0.1) is 0 Å². The molecule has 3 rings (SSSR count). The average molecular weight is 386 g/mol. The number of carbonyl (C=O) groups excluding carboxylic acids is 2. The molecule has 1 aliphatic rings. The molecule has 1 saturated heterocycles. The normalized spacial score (nSPS) is 16.8. The molecule has 0 radical (unpaired) electrons. The number of halogens is 1. The number of nitrogens with one attached hydrogen (secondary N) is 2. The monoisotopic (exact) mass is 385 g/mol. The molecule has 6 heteroatoms. The molecule has 1 fully saturated rings. The SMILES string of the molecule is CCCNC(=O)c1cccc(C(=O)N2CCNCC2c2ccccc2Cl)c1. The summed E-state index contributed by atoms with van der Waals surface area (Å²) in [5.74, 6) is -0.249. The van der Waals surface area contributed by atoms with E-state index in [1.807, 2.05) is 36.1 Å². The van der Waals surface area contributed by atoms with Crippen molar-refractivity contribution in [1.82, 2.24) is 15.5 Å². The molecular weight excluding hydrogens is 362 g/mol. The van der Waals surface area contributed by atoms with Crippen molar-refractivity contribution in [3.05, 3.63) is 70.2 Å². The Labute approximate surface area is 164 Å². The average Bonchev–Trinajstić information content (AvgIpc) is 2.72. The van der Waals surface area contributed by atoms with Crippen molar-refractivity contribution in [2.24, 2.45) is 0 Å². The van der Waals surface area contributed by atoms with Crippen molar-refractivity contribution in [2.45, 2.75) is 19.4 Å². The zero-order chi connectivity index (χ0) is 19.2. The van der Waals surface area contributed by atoms with Crippen molar-refractivity contribution in [3.63, 3.8) is 0 Å². The topological polar surface area (TPSA) is 61.4 Å². The van der Waals surface area contributed by atoms with Gasteiger partial charge >= 0.3 is 0 Å². The minimum atomic E-state index is -0.158. The molecule has 142 valence electrons. The van der Waals surface area contributed by atoms with E-state index in [4.69, 9.17) is 11.6 Å². The van der Waals surface area contributed by atoms with Gasteiger partial charge in [0.2, 0.25) is 0 Å². The number of carbonyl (C=O) groups is 2. The van der Waals surface area contributed by atoms with E-state index in [0.717, 1.165) is 18.5 Å². The third kappa shape index (κ3) is 4.49. The van der Waals surface area contributed by atoms with Gasteiger partial charge in [-0.1, -0.05) is 42.8 Å². The van der Waals surface area contributed by atoms with Crippen LogP contribution in [0.3, 0.4) is 0 Å². The van der Waals surface area contributed by atoms with Crippen molar-refractivity contribution < 1.29 is 9.59 Å². The molecule has 5 nitrogen and oxygen atoms in total. The summed E-state index contributed by atoms with van der Waals surface area (Å²) in [4.78, 5) is 27.3. The first-order chi connectivity index (χ1) is 13.1. The molecule has 1 aliphatic heterocycles. The fourth-order valence-corrected chi connectivity index (χ4v) is 3.53. The highest BCUT2D eigenvalue weighted by molar-refractivity contribution is 6.31. The predicted molar refractivity (Wildman–Crippen MR) is 107 cm³/mol. The van der Waals surface area contributed by atoms with Crippen LogP contribution in [0.15, 0.2) is 48.5 Å².